The van der Waals surface area contributed by atoms with Gasteiger partial charge < -0.3 is 9.47 Å². The predicted octanol–water partition coefficient (Wildman–Crippen LogP) is 3.84. The van der Waals surface area contributed by atoms with Gasteiger partial charge in [-0.25, -0.2) is 5.43 Å². The summed E-state index contributed by atoms with van der Waals surface area (Å²) >= 11 is 0. The zero-order valence-corrected chi connectivity index (χ0v) is 16.1. The summed E-state index contributed by atoms with van der Waals surface area (Å²) in [6, 6.07) is 14.2. The summed E-state index contributed by atoms with van der Waals surface area (Å²) in [5, 5.41) is 17.0. The van der Waals surface area contributed by atoms with Gasteiger partial charge in [0.05, 0.1) is 30.9 Å². The molecule has 148 valence electrons. The topological polar surface area (TPSA) is 103 Å². The van der Waals surface area contributed by atoms with Crippen LogP contribution in [-0.2, 0) is 0 Å². The summed E-state index contributed by atoms with van der Waals surface area (Å²) in [5.41, 5.74) is 3.95. The Morgan fingerprint density at radius 1 is 1.14 bits per heavy atom. The third kappa shape index (κ3) is 4.01. The minimum absolute atomic E-state index is 0.0186. The van der Waals surface area contributed by atoms with Crippen LogP contribution < -0.4 is 14.9 Å². The number of methoxy groups -OCH3 is 2. The van der Waals surface area contributed by atoms with Crippen LogP contribution in [0.15, 0.2) is 53.6 Å². The molecule has 0 aliphatic carbocycles. The van der Waals surface area contributed by atoms with Gasteiger partial charge in [-0.05, 0) is 29.3 Å². The minimum Gasteiger partial charge on any atom is -0.493 e. The van der Waals surface area contributed by atoms with Gasteiger partial charge >= 0.3 is 5.69 Å². The number of nitrogens with zero attached hydrogens (tertiary/aromatic N) is 2. The van der Waals surface area contributed by atoms with Crippen LogP contribution in [-0.4, -0.2) is 31.3 Å². The highest BCUT2D eigenvalue weighted by molar-refractivity contribution is 6.08. The molecule has 0 saturated heterocycles. The Morgan fingerprint density at radius 3 is 2.59 bits per heavy atom. The Kier molecular flexibility index (Phi) is 5.73. The maximum atomic E-state index is 12.7. The van der Waals surface area contributed by atoms with Gasteiger partial charge in [0.1, 0.15) is 0 Å². The molecule has 29 heavy (non-hydrogen) atoms. The summed E-state index contributed by atoms with van der Waals surface area (Å²) in [6.07, 6.45) is 1.31. The maximum Gasteiger partial charge on any atom is 0.315 e. The van der Waals surface area contributed by atoms with Gasteiger partial charge in [-0.2, -0.15) is 5.10 Å². The van der Waals surface area contributed by atoms with Crippen LogP contribution in [0, 0.1) is 17.0 Å². The van der Waals surface area contributed by atoms with Crippen molar-refractivity contribution >= 4 is 28.6 Å². The monoisotopic (exact) mass is 393 g/mol. The lowest BCUT2D eigenvalue weighted by atomic mass is 9.99. The molecule has 0 atom stereocenters. The number of nitro benzene ring substituents is 1. The zero-order valence-electron chi connectivity index (χ0n) is 16.1. The zero-order chi connectivity index (χ0) is 21.0. The van der Waals surface area contributed by atoms with E-state index in [1.54, 1.807) is 0 Å². The van der Waals surface area contributed by atoms with Gasteiger partial charge in [0, 0.05) is 11.6 Å². The lowest BCUT2D eigenvalue weighted by molar-refractivity contribution is -0.385. The average molecular weight is 393 g/mol. The Hall–Kier alpha value is -3.94. The molecule has 3 rings (SSSR count). The number of ether oxygens (including phenoxy) is 2. The van der Waals surface area contributed by atoms with E-state index in [0.717, 1.165) is 16.3 Å². The van der Waals surface area contributed by atoms with Crippen LogP contribution in [0.4, 0.5) is 5.69 Å². The highest BCUT2D eigenvalue weighted by Gasteiger charge is 2.21. The van der Waals surface area contributed by atoms with Crippen molar-refractivity contribution in [1.82, 2.24) is 5.43 Å². The first-order valence-corrected chi connectivity index (χ1v) is 8.68. The second-order valence-corrected chi connectivity index (χ2v) is 6.21. The first-order valence-electron chi connectivity index (χ1n) is 8.68. The normalized spacial score (nSPS) is 10.9. The number of fused-ring (bicyclic) bond motifs is 1. The van der Waals surface area contributed by atoms with Crippen LogP contribution in [0.3, 0.4) is 0 Å². The van der Waals surface area contributed by atoms with Crippen molar-refractivity contribution in [2.45, 2.75) is 6.92 Å². The number of aryl methyl sites for hydroxylation is 1. The summed E-state index contributed by atoms with van der Waals surface area (Å²) in [4.78, 5) is 23.4. The third-order valence-electron chi connectivity index (χ3n) is 4.42. The van der Waals surface area contributed by atoms with Gasteiger partial charge in [-0.1, -0.05) is 36.4 Å². The van der Waals surface area contributed by atoms with Crippen molar-refractivity contribution in [3.05, 3.63) is 75.3 Å². The van der Waals surface area contributed by atoms with Gasteiger partial charge in [-0.15, -0.1) is 0 Å². The standard InChI is InChI=1S/C21H19N3O5/c1-13-8-9-15-6-4-5-7-16(15)19(13)21(25)23-22-12-14-10-17(24(26)27)20(29-3)18(11-14)28-2/h4-12H,1-3H3,(H,23,25)/b22-12-. The second-order valence-electron chi connectivity index (χ2n) is 6.21. The number of carbonyl (C=O) groups excluding carboxylic acids is 1. The molecule has 1 N–H and O–H groups in total. The maximum absolute atomic E-state index is 12.7. The summed E-state index contributed by atoms with van der Waals surface area (Å²) in [5.74, 6) is -0.157. The Labute approximate surface area is 166 Å². The summed E-state index contributed by atoms with van der Waals surface area (Å²) in [7, 11) is 2.71. The SMILES string of the molecule is COc1cc(/C=N\NC(=O)c2c(C)ccc3ccccc23)cc([N+](=O)[O-])c1OC. The molecule has 8 nitrogen and oxygen atoms in total. The smallest absolute Gasteiger partial charge is 0.315 e. The number of rotatable bonds is 6. The first kappa shape index (κ1) is 19.8. The number of hydrazone groups is 1. The molecule has 0 fully saturated rings. The van der Waals surface area contributed by atoms with Gasteiger partial charge in [0.15, 0.2) is 5.75 Å². The second kappa shape index (κ2) is 8.39. The number of benzene rings is 3. The van der Waals surface area contributed by atoms with Crippen LogP contribution in [0.25, 0.3) is 10.8 Å². The van der Waals surface area contributed by atoms with E-state index >= 15 is 0 Å². The van der Waals surface area contributed by atoms with Crippen LogP contribution in [0.1, 0.15) is 21.5 Å². The summed E-state index contributed by atoms with van der Waals surface area (Å²) < 4.78 is 10.2. The van der Waals surface area contributed by atoms with E-state index in [-0.39, 0.29) is 23.1 Å². The van der Waals surface area contributed by atoms with E-state index in [4.69, 9.17) is 9.47 Å². The van der Waals surface area contributed by atoms with Crippen molar-refractivity contribution in [1.29, 1.82) is 0 Å². The largest absolute Gasteiger partial charge is 0.493 e. The number of nitro groups is 1. The Balaban J connectivity index is 1.89. The number of carbonyl (C=O) groups is 1. The lowest BCUT2D eigenvalue weighted by Gasteiger charge is -2.09. The van der Waals surface area contributed by atoms with Gasteiger partial charge in [0.2, 0.25) is 5.75 Å². The Morgan fingerprint density at radius 2 is 1.90 bits per heavy atom. The highest BCUT2D eigenvalue weighted by Crippen LogP contribution is 2.37. The van der Waals surface area contributed by atoms with Gasteiger partial charge in [-0.3, -0.25) is 14.9 Å². The number of hydrogen-bond acceptors (Lipinski definition) is 6. The van der Waals surface area contributed by atoms with Crippen LogP contribution >= 0.6 is 0 Å². The number of hydrogen-bond donors (Lipinski definition) is 1. The quantitative estimate of drug-likeness (QED) is 0.389. The molecule has 3 aromatic rings. The van der Waals surface area contributed by atoms with E-state index in [0.29, 0.717) is 11.1 Å². The third-order valence-corrected chi connectivity index (χ3v) is 4.42. The molecule has 0 unspecified atom stereocenters. The Bertz CT molecular complexity index is 1120. The molecule has 3 aromatic carbocycles. The molecule has 8 heteroatoms. The van der Waals surface area contributed by atoms with Crippen molar-refractivity contribution in [3.63, 3.8) is 0 Å². The van der Waals surface area contributed by atoms with Crippen LogP contribution in [0.2, 0.25) is 0 Å². The van der Waals surface area contributed by atoms with Crippen molar-refractivity contribution in [3.8, 4) is 11.5 Å². The molecule has 0 aromatic heterocycles. The van der Waals surface area contributed by atoms with Crippen LogP contribution in [0.5, 0.6) is 11.5 Å². The predicted molar refractivity (Wildman–Crippen MR) is 110 cm³/mol. The molecule has 0 radical (unpaired) electrons. The molecule has 0 bridgehead atoms. The average Bonchev–Trinajstić information content (AvgIpc) is 2.72. The number of nitrogens with one attached hydrogen (secondary N) is 1. The molecule has 0 spiro atoms. The highest BCUT2D eigenvalue weighted by atomic mass is 16.6. The first-order chi connectivity index (χ1) is 14.0. The van der Waals surface area contributed by atoms with Crippen molar-refractivity contribution < 1.29 is 19.2 Å². The molecule has 0 saturated carbocycles. The number of amides is 1. The van der Waals surface area contributed by atoms with E-state index in [2.05, 4.69) is 10.5 Å². The summed E-state index contributed by atoms with van der Waals surface area (Å²) in [6.45, 7) is 1.85. The molecule has 1 amide bonds. The van der Waals surface area contributed by atoms with Crippen molar-refractivity contribution in [2.24, 2.45) is 5.10 Å². The van der Waals surface area contributed by atoms with E-state index < -0.39 is 4.92 Å². The molecule has 0 heterocycles. The fraction of sp³-hybridized carbons (Fsp3) is 0.143. The van der Waals surface area contributed by atoms with Gasteiger partial charge in [0.25, 0.3) is 5.91 Å². The molecular weight excluding hydrogens is 374 g/mol. The van der Waals surface area contributed by atoms with Crippen molar-refractivity contribution in [2.75, 3.05) is 14.2 Å². The van der Waals surface area contributed by atoms with E-state index in [1.165, 1.54) is 32.6 Å². The molecule has 0 aliphatic rings. The minimum atomic E-state index is -0.573. The molecular formula is C21H19N3O5. The van der Waals surface area contributed by atoms with E-state index in [1.807, 2.05) is 43.3 Å². The van der Waals surface area contributed by atoms with E-state index in [9.17, 15) is 14.9 Å². The molecule has 0 aliphatic heterocycles. The fourth-order valence-corrected chi connectivity index (χ4v) is 3.08. The fourth-order valence-electron chi connectivity index (χ4n) is 3.08. The lowest BCUT2D eigenvalue weighted by Crippen LogP contribution is -2.19.